The summed E-state index contributed by atoms with van der Waals surface area (Å²) in [5.74, 6) is 1.37. The van der Waals surface area contributed by atoms with Gasteiger partial charge in [0, 0.05) is 24.2 Å². The second-order valence-corrected chi connectivity index (χ2v) is 6.88. The number of nitrogens with zero attached hydrogens (tertiary/aromatic N) is 2. The highest BCUT2D eigenvalue weighted by Gasteiger charge is 2.37. The van der Waals surface area contributed by atoms with Gasteiger partial charge in [0.25, 0.3) is 0 Å². The molecule has 1 saturated heterocycles. The summed E-state index contributed by atoms with van der Waals surface area (Å²) in [6, 6.07) is 0.336. The first kappa shape index (κ1) is 14.8. The molecular weight excluding hydrogens is 252 g/mol. The summed E-state index contributed by atoms with van der Waals surface area (Å²) < 4.78 is 0. The molecule has 0 saturated carbocycles. The zero-order chi connectivity index (χ0) is 15.0. The van der Waals surface area contributed by atoms with Gasteiger partial charge >= 0.3 is 0 Å². The van der Waals surface area contributed by atoms with Gasteiger partial charge in [0.05, 0.1) is 0 Å². The van der Waals surface area contributed by atoms with Crippen LogP contribution in [0.25, 0.3) is 0 Å². The molecule has 1 aliphatic heterocycles. The number of hydrogen-bond acceptors (Lipinski definition) is 6. The van der Waals surface area contributed by atoms with Crippen LogP contribution in [0.5, 0.6) is 0 Å². The third kappa shape index (κ3) is 3.30. The van der Waals surface area contributed by atoms with E-state index in [1.807, 2.05) is 0 Å². The summed E-state index contributed by atoms with van der Waals surface area (Å²) in [6.45, 7) is 8.91. The van der Waals surface area contributed by atoms with Crippen molar-refractivity contribution in [2.45, 2.75) is 57.7 Å². The number of nitrogens with two attached hydrogens (primary N) is 1. The number of hydrogen-bond donors (Lipinski definition) is 4. The Hall–Kier alpha value is -1.56. The van der Waals surface area contributed by atoms with Gasteiger partial charge in [-0.3, -0.25) is 0 Å². The fourth-order valence-corrected chi connectivity index (χ4v) is 3.33. The fourth-order valence-electron chi connectivity index (χ4n) is 3.33. The van der Waals surface area contributed by atoms with Crippen LogP contribution < -0.4 is 21.7 Å². The molecule has 1 aromatic heterocycles. The molecule has 0 atom stereocenters. The normalized spacial score (nSPS) is 21.4. The SMILES string of the molecule is CNc1ncnc(NC2CC(C)(C)NC(C)(C)C2)c1N. The zero-order valence-corrected chi connectivity index (χ0v) is 13.0. The Morgan fingerprint density at radius 2 is 1.70 bits per heavy atom. The molecule has 0 unspecified atom stereocenters. The van der Waals surface area contributed by atoms with Crippen molar-refractivity contribution < 1.29 is 0 Å². The molecule has 2 heterocycles. The number of nitrogen functional groups attached to an aromatic ring is 1. The van der Waals surface area contributed by atoms with Gasteiger partial charge < -0.3 is 21.7 Å². The van der Waals surface area contributed by atoms with Crippen LogP contribution >= 0.6 is 0 Å². The summed E-state index contributed by atoms with van der Waals surface area (Å²) in [4.78, 5) is 8.38. The van der Waals surface area contributed by atoms with E-state index in [2.05, 4.69) is 53.6 Å². The predicted molar refractivity (Wildman–Crippen MR) is 83.9 cm³/mol. The Labute approximate surface area is 121 Å². The van der Waals surface area contributed by atoms with Crippen molar-refractivity contribution >= 4 is 17.3 Å². The molecule has 0 aromatic carbocycles. The minimum Gasteiger partial charge on any atom is -0.393 e. The lowest BCUT2D eigenvalue weighted by molar-refractivity contribution is 0.170. The number of aromatic nitrogens is 2. The Balaban J connectivity index is 2.17. The van der Waals surface area contributed by atoms with Crippen LogP contribution in [0.2, 0.25) is 0 Å². The number of anilines is 3. The smallest absolute Gasteiger partial charge is 0.155 e. The second kappa shape index (κ2) is 5.09. The average molecular weight is 278 g/mol. The summed E-state index contributed by atoms with van der Waals surface area (Å²) in [7, 11) is 1.80. The van der Waals surface area contributed by atoms with E-state index in [0.29, 0.717) is 23.4 Å². The quantitative estimate of drug-likeness (QED) is 0.674. The molecule has 5 N–H and O–H groups in total. The molecule has 0 bridgehead atoms. The van der Waals surface area contributed by atoms with Gasteiger partial charge in [-0.25, -0.2) is 9.97 Å². The van der Waals surface area contributed by atoms with Crippen LogP contribution in [0, 0.1) is 0 Å². The molecule has 1 aliphatic rings. The van der Waals surface area contributed by atoms with E-state index in [9.17, 15) is 0 Å². The van der Waals surface area contributed by atoms with Crippen molar-refractivity contribution in [2.24, 2.45) is 0 Å². The maximum absolute atomic E-state index is 6.08. The van der Waals surface area contributed by atoms with E-state index in [4.69, 9.17) is 5.73 Å². The van der Waals surface area contributed by atoms with Gasteiger partial charge in [0.15, 0.2) is 11.6 Å². The highest BCUT2D eigenvalue weighted by molar-refractivity contribution is 5.74. The molecule has 0 amide bonds. The molecular formula is C14H26N6. The predicted octanol–water partition coefficient (Wildman–Crippen LogP) is 1.82. The highest BCUT2D eigenvalue weighted by Crippen LogP contribution is 2.32. The lowest BCUT2D eigenvalue weighted by atomic mass is 9.79. The van der Waals surface area contributed by atoms with Gasteiger partial charge in [0.1, 0.15) is 12.0 Å². The van der Waals surface area contributed by atoms with Gasteiger partial charge in [-0.15, -0.1) is 0 Å². The third-order valence-electron chi connectivity index (χ3n) is 3.65. The summed E-state index contributed by atoms with van der Waals surface area (Å²) in [5.41, 5.74) is 6.83. The minimum absolute atomic E-state index is 0.0903. The third-order valence-corrected chi connectivity index (χ3v) is 3.65. The molecule has 0 aliphatic carbocycles. The molecule has 112 valence electrons. The van der Waals surface area contributed by atoms with Crippen molar-refractivity contribution in [3.63, 3.8) is 0 Å². The van der Waals surface area contributed by atoms with Crippen LogP contribution in [0.1, 0.15) is 40.5 Å². The fraction of sp³-hybridized carbons (Fsp3) is 0.714. The summed E-state index contributed by atoms with van der Waals surface area (Å²) in [6.07, 6.45) is 3.57. The number of nitrogens with one attached hydrogen (secondary N) is 3. The largest absolute Gasteiger partial charge is 0.393 e. The van der Waals surface area contributed by atoms with Crippen LogP contribution in [0.3, 0.4) is 0 Å². The van der Waals surface area contributed by atoms with E-state index >= 15 is 0 Å². The lowest BCUT2D eigenvalue weighted by Gasteiger charge is -2.46. The minimum atomic E-state index is 0.0903. The molecule has 6 nitrogen and oxygen atoms in total. The Morgan fingerprint density at radius 1 is 1.15 bits per heavy atom. The molecule has 1 aromatic rings. The zero-order valence-electron chi connectivity index (χ0n) is 13.0. The van der Waals surface area contributed by atoms with E-state index < -0.39 is 0 Å². The van der Waals surface area contributed by atoms with Crippen molar-refractivity contribution in [3.8, 4) is 0 Å². The van der Waals surface area contributed by atoms with Crippen LogP contribution in [-0.4, -0.2) is 34.1 Å². The van der Waals surface area contributed by atoms with E-state index in [1.54, 1.807) is 7.05 Å². The summed E-state index contributed by atoms with van der Waals surface area (Å²) in [5, 5.41) is 10.1. The number of piperidine rings is 1. The van der Waals surface area contributed by atoms with Crippen molar-refractivity contribution in [1.29, 1.82) is 0 Å². The monoisotopic (exact) mass is 278 g/mol. The van der Waals surface area contributed by atoms with Gasteiger partial charge in [-0.2, -0.15) is 0 Å². The molecule has 0 radical (unpaired) electrons. The highest BCUT2D eigenvalue weighted by atomic mass is 15.1. The maximum atomic E-state index is 6.08. The van der Waals surface area contributed by atoms with Crippen LogP contribution in [0.4, 0.5) is 17.3 Å². The Morgan fingerprint density at radius 3 is 2.25 bits per heavy atom. The Bertz CT molecular complexity index is 467. The van der Waals surface area contributed by atoms with Crippen molar-refractivity contribution in [2.75, 3.05) is 23.4 Å². The summed E-state index contributed by atoms with van der Waals surface area (Å²) >= 11 is 0. The van der Waals surface area contributed by atoms with Crippen molar-refractivity contribution in [1.82, 2.24) is 15.3 Å². The molecule has 0 spiro atoms. The van der Waals surface area contributed by atoms with Gasteiger partial charge in [-0.05, 0) is 40.5 Å². The lowest BCUT2D eigenvalue weighted by Crippen LogP contribution is -2.60. The van der Waals surface area contributed by atoms with E-state index in [1.165, 1.54) is 6.33 Å². The van der Waals surface area contributed by atoms with Crippen LogP contribution in [-0.2, 0) is 0 Å². The molecule has 1 fully saturated rings. The van der Waals surface area contributed by atoms with E-state index in [-0.39, 0.29) is 11.1 Å². The first-order valence-electron chi connectivity index (χ1n) is 7.06. The first-order valence-corrected chi connectivity index (χ1v) is 7.06. The van der Waals surface area contributed by atoms with Crippen LogP contribution in [0.15, 0.2) is 6.33 Å². The topological polar surface area (TPSA) is 87.9 Å². The Kier molecular flexibility index (Phi) is 3.77. The first-order chi connectivity index (χ1) is 9.22. The second-order valence-electron chi connectivity index (χ2n) is 6.88. The van der Waals surface area contributed by atoms with Crippen molar-refractivity contribution in [3.05, 3.63) is 6.33 Å². The molecule has 2 rings (SSSR count). The molecule has 6 heteroatoms. The van der Waals surface area contributed by atoms with E-state index in [0.717, 1.165) is 12.8 Å². The standard InChI is InChI=1S/C14H26N6/c1-13(2)6-9(7-14(3,4)20-13)19-12-10(15)11(16-5)17-8-18-12/h8-9,20H,6-7,15H2,1-5H3,(H2,16,17,18,19). The molecule has 20 heavy (non-hydrogen) atoms. The maximum Gasteiger partial charge on any atom is 0.155 e. The average Bonchev–Trinajstić information content (AvgIpc) is 2.27. The van der Waals surface area contributed by atoms with Gasteiger partial charge in [0.2, 0.25) is 0 Å². The van der Waals surface area contributed by atoms with Gasteiger partial charge in [-0.1, -0.05) is 0 Å². The number of rotatable bonds is 3.